The predicted octanol–water partition coefficient (Wildman–Crippen LogP) is 3.72. The molecule has 26 heavy (non-hydrogen) atoms. The van der Waals surface area contributed by atoms with Gasteiger partial charge in [-0.15, -0.1) is 0 Å². The lowest BCUT2D eigenvalue weighted by molar-refractivity contribution is 0.103. The van der Waals surface area contributed by atoms with Gasteiger partial charge in [-0.1, -0.05) is 0 Å². The van der Waals surface area contributed by atoms with Gasteiger partial charge in [-0.2, -0.15) is 0 Å². The molecule has 5 rings (SSSR count). The van der Waals surface area contributed by atoms with Crippen molar-refractivity contribution in [2.45, 2.75) is 0 Å². The van der Waals surface area contributed by atoms with Crippen molar-refractivity contribution in [2.24, 2.45) is 0 Å². The Kier molecular flexibility index (Phi) is 3.53. The zero-order chi connectivity index (χ0) is 17.5. The standard InChI is InChI=1S/C21H19N3O2/c25-21(15-1-3-18-14(11-15)5-6-22-18)20-13-16-12-17(2-4-19(16)23-20)24-7-9-26-10-8-24/h1-6,11-13,22-23H,7-10H2. The van der Waals surface area contributed by atoms with Crippen LogP contribution < -0.4 is 4.90 Å². The van der Waals surface area contributed by atoms with Crippen molar-refractivity contribution in [1.82, 2.24) is 9.97 Å². The Morgan fingerprint density at radius 3 is 2.65 bits per heavy atom. The van der Waals surface area contributed by atoms with E-state index < -0.39 is 0 Å². The zero-order valence-electron chi connectivity index (χ0n) is 14.3. The molecule has 2 aromatic carbocycles. The van der Waals surface area contributed by atoms with E-state index in [1.54, 1.807) is 0 Å². The van der Waals surface area contributed by atoms with E-state index >= 15 is 0 Å². The first-order chi connectivity index (χ1) is 12.8. The fraction of sp³-hybridized carbons (Fsp3) is 0.190. The Morgan fingerprint density at radius 1 is 0.923 bits per heavy atom. The Hall–Kier alpha value is -3.05. The molecule has 0 amide bonds. The van der Waals surface area contributed by atoms with Crippen LogP contribution in [0.3, 0.4) is 0 Å². The molecule has 130 valence electrons. The minimum Gasteiger partial charge on any atom is -0.378 e. The molecule has 0 bridgehead atoms. The lowest BCUT2D eigenvalue weighted by Crippen LogP contribution is -2.36. The van der Waals surface area contributed by atoms with Crippen molar-refractivity contribution in [3.05, 3.63) is 66.0 Å². The van der Waals surface area contributed by atoms with E-state index in [0.29, 0.717) is 11.3 Å². The van der Waals surface area contributed by atoms with Gasteiger partial charge in [-0.3, -0.25) is 4.79 Å². The van der Waals surface area contributed by atoms with Crippen molar-refractivity contribution in [1.29, 1.82) is 0 Å². The number of nitrogens with one attached hydrogen (secondary N) is 2. The van der Waals surface area contributed by atoms with Gasteiger partial charge in [-0.25, -0.2) is 0 Å². The van der Waals surface area contributed by atoms with E-state index in [4.69, 9.17) is 4.74 Å². The molecule has 2 aromatic heterocycles. The molecular weight excluding hydrogens is 326 g/mol. The van der Waals surface area contributed by atoms with Crippen molar-refractivity contribution in [3.8, 4) is 0 Å². The molecule has 3 heterocycles. The second-order valence-electron chi connectivity index (χ2n) is 6.66. The highest BCUT2D eigenvalue weighted by atomic mass is 16.5. The minimum atomic E-state index is 0.0113. The third-order valence-corrected chi connectivity index (χ3v) is 5.04. The molecule has 5 heteroatoms. The van der Waals surface area contributed by atoms with Gasteiger partial charge in [-0.05, 0) is 48.5 Å². The summed E-state index contributed by atoms with van der Waals surface area (Å²) >= 11 is 0. The number of fused-ring (bicyclic) bond motifs is 2. The summed E-state index contributed by atoms with van der Waals surface area (Å²) < 4.78 is 5.42. The average Bonchev–Trinajstić information content (AvgIpc) is 3.33. The molecule has 5 nitrogen and oxygen atoms in total. The first-order valence-corrected chi connectivity index (χ1v) is 8.85. The fourth-order valence-corrected chi connectivity index (χ4v) is 3.61. The van der Waals surface area contributed by atoms with E-state index in [0.717, 1.165) is 48.1 Å². The first kappa shape index (κ1) is 15.2. The molecule has 1 saturated heterocycles. The van der Waals surface area contributed by atoms with Crippen LogP contribution in [0, 0.1) is 0 Å². The van der Waals surface area contributed by atoms with E-state index in [1.807, 2.05) is 42.6 Å². The summed E-state index contributed by atoms with van der Waals surface area (Å²) in [4.78, 5) is 21.6. The van der Waals surface area contributed by atoms with Crippen LogP contribution in [-0.2, 0) is 4.74 Å². The molecule has 1 fully saturated rings. The van der Waals surface area contributed by atoms with Crippen molar-refractivity contribution >= 4 is 33.3 Å². The van der Waals surface area contributed by atoms with Crippen LogP contribution in [0.4, 0.5) is 5.69 Å². The van der Waals surface area contributed by atoms with Gasteiger partial charge in [0.05, 0.1) is 18.9 Å². The molecule has 0 radical (unpaired) electrons. The smallest absolute Gasteiger partial charge is 0.209 e. The molecule has 2 N–H and O–H groups in total. The van der Waals surface area contributed by atoms with Crippen molar-refractivity contribution in [3.63, 3.8) is 0 Å². The Bertz CT molecular complexity index is 1100. The maximum Gasteiger partial charge on any atom is 0.209 e. The highest BCUT2D eigenvalue weighted by Crippen LogP contribution is 2.25. The highest BCUT2D eigenvalue weighted by molar-refractivity contribution is 6.11. The number of carbonyl (C=O) groups excluding carboxylic acids is 1. The van der Waals surface area contributed by atoms with Gasteiger partial charge in [0.1, 0.15) is 0 Å². The zero-order valence-corrected chi connectivity index (χ0v) is 14.3. The van der Waals surface area contributed by atoms with Crippen LogP contribution in [-0.4, -0.2) is 42.1 Å². The molecule has 1 aliphatic rings. The number of rotatable bonds is 3. The van der Waals surface area contributed by atoms with Gasteiger partial charge in [0.15, 0.2) is 0 Å². The number of benzene rings is 2. The number of carbonyl (C=O) groups is 1. The van der Waals surface area contributed by atoms with E-state index in [1.165, 1.54) is 5.69 Å². The van der Waals surface area contributed by atoms with Gasteiger partial charge < -0.3 is 19.6 Å². The maximum absolute atomic E-state index is 12.9. The fourth-order valence-electron chi connectivity index (χ4n) is 3.61. The van der Waals surface area contributed by atoms with Crippen LogP contribution in [0.5, 0.6) is 0 Å². The summed E-state index contributed by atoms with van der Waals surface area (Å²) in [5.74, 6) is 0.0113. The van der Waals surface area contributed by atoms with Gasteiger partial charge >= 0.3 is 0 Å². The Balaban J connectivity index is 1.49. The van der Waals surface area contributed by atoms with Crippen LogP contribution >= 0.6 is 0 Å². The van der Waals surface area contributed by atoms with Crippen LogP contribution in [0.1, 0.15) is 16.1 Å². The summed E-state index contributed by atoms with van der Waals surface area (Å²) in [7, 11) is 0. The van der Waals surface area contributed by atoms with E-state index in [-0.39, 0.29) is 5.78 Å². The van der Waals surface area contributed by atoms with Gasteiger partial charge in [0.2, 0.25) is 5.78 Å². The summed E-state index contributed by atoms with van der Waals surface area (Å²) in [6.07, 6.45) is 1.88. The van der Waals surface area contributed by atoms with Crippen molar-refractivity contribution < 1.29 is 9.53 Å². The summed E-state index contributed by atoms with van der Waals surface area (Å²) in [5.41, 5.74) is 4.50. The average molecular weight is 345 g/mol. The lowest BCUT2D eigenvalue weighted by Gasteiger charge is -2.28. The Labute approximate surface area is 150 Å². The molecular formula is C21H19N3O2. The summed E-state index contributed by atoms with van der Waals surface area (Å²) in [6, 6.07) is 16.0. The van der Waals surface area contributed by atoms with Gasteiger partial charge in [0.25, 0.3) is 0 Å². The second-order valence-corrected chi connectivity index (χ2v) is 6.66. The molecule has 4 aromatic rings. The van der Waals surface area contributed by atoms with Gasteiger partial charge in [0, 0.05) is 52.3 Å². The number of ether oxygens (including phenoxy) is 1. The molecule has 1 aliphatic heterocycles. The number of H-pyrrole nitrogens is 2. The van der Waals surface area contributed by atoms with E-state index in [2.05, 4.69) is 27.0 Å². The normalized spacial score (nSPS) is 15.0. The van der Waals surface area contributed by atoms with E-state index in [9.17, 15) is 4.79 Å². The minimum absolute atomic E-state index is 0.0113. The number of ketones is 1. The Morgan fingerprint density at radius 2 is 1.77 bits per heavy atom. The number of hydrogen-bond acceptors (Lipinski definition) is 3. The first-order valence-electron chi connectivity index (χ1n) is 8.85. The predicted molar refractivity (Wildman–Crippen MR) is 103 cm³/mol. The number of morpholine rings is 1. The molecule has 0 aliphatic carbocycles. The lowest BCUT2D eigenvalue weighted by atomic mass is 10.1. The largest absolute Gasteiger partial charge is 0.378 e. The summed E-state index contributed by atoms with van der Waals surface area (Å²) in [5, 5.41) is 2.10. The number of aromatic amines is 2. The van der Waals surface area contributed by atoms with Crippen LogP contribution in [0.25, 0.3) is 21.8 Å². The SMILES string of the molecule is O=C(c1ccc2[nH]ccc2c1)c1cc2cc(N3CCOCC3)ccc2[nH]1. The molecule has 0 atom stereocenters. The van der Waals surface area contributed by atoms with Crippen molar-refractivity contribution in [2.75, 3.05) is 31.2 Å². The third-order valence-electron chi connectivity index (χ3n) is 5.04. The monoisotopic (exact) mass is 345 g/mol. The van der Waals surface area contributed by atoms with Crippen LogP contribution in [0.15, 0.2) is 54.7 Å². The summed E-state index contributed by atoms with van der Waals surface area (Å²) in [6.45, 7) is 3.32. The number of aromatic nitrogens is 2. The third kappa shape index (κ3) is 2.57. The number of nitrogens with zero attached hydrogens (tertiary/aromatic N) is 1. The molecule has 0 saturated carbocycles. The highest BCUT2D eigenvalue weighted by Gasteiger charge is 2.15. The van der Waals surface area contributed by atoms with Crippen LogP contribution in [0.2, 0.25) is 0 Å². The second kappa shape index (κ2) is 6.04. The number of hydrogen-bond donors (Lipinski definition) is 2. The molecule has 0 unspecified atom stereocenters. The number of anilines is 1. The topological polar surface area (TPSA) is 61.1 Å². The molecule has 0 spiro atoms. The quantitative estimate of drug-likeness (QED) is 0.556. The maximum atomic E-state index is 12.9.